The monoisotopic (exact) mass is 232 g/mol. The van der Waals surface area contributed by atoms with Crippen molar-refractivity contribution in [1.29, 1.82) is 0 Å². The van der Waals surface area contributed by atoms with Crippen molar-refractivity contribution < 1.29 is 9.13 Å². The van der Waals surface area contributed by atoms with E-state index < -0.39 is 0 Å². The quantitative estimate of drug-likeness (QED) is 0.864. The molecule has 0 fully saturated rings. The van der Waals surface area contributed by atoms with Crippen molar-refractivity contribution in [2.45, 2.75) is 13.8 Å². The van der Waals surface area contributed by atoms with Crippen LogP contribution in [-0.2, 0) is 0 Å². The number of halogens is 1. The van der Waals surface area contributed by atoms with Crippen molar-refractivity contribution in [3.63, 3.8) is 0 Å². The van der Waals surface area contributed by atoms with Crippen LogP contribution < -0.4 is 10.5 Å². The number of hydrogen-bond donors (Lipinski definition) is 1. The molecule has 0 aliphatic heterocycles. The molecule has 88 valence electrons. The molecule has 17 heavy (non-hydrogen) atoms. The number of nitrogen functional groups attached to an aromatic ring is 1. The SMILES string of the molecule is Cc1cnc(Oc2ccc(F)c(C)c2)cc1N. The topological polar surface area (TPSA) is 48.1 Å². The van der Waals surface area contributed by atoms with Crippen LogP contribution in [0.15, 0.2) is 30.5 Å². The first-order valence-corrected chi connectivity index (χ1v) is 5.22. The van der Waals surface area contributed by atoms with Crippen molar-refractivity contribution in [3.8, 4) is 11.6 Å². The summed E-state index contributed by atoms with van der Waals surface area (Å²) in [5, 5.41) is 0. The minimum atomic E-state index is -0.256. The van der Waals surface area contributed by atoms with Crippen LogP contribution in [0.2, 0.25) is 0 Å². The summed E-state index contributed by atoms with van der Waals surface area (Å²) >= 11 is 0. The molecule has 0 atom stereocenters. The average Bonchev–Trinajstić information content (AvgIpc) is 2.29. The average molecular weight is 232 g/mol. The number of ether oxygens (including phenoxy) is 1. The number of anilines is 1. The summed E-state index contributed by atoms with van der Waals surface area (Å²) in [6.07, 6.45) is 1.64. The van der Waals surface area contributed by atoms with Gasteiger partial charge >= 0.3 is 0 Å². The highest BCUT2D eigenvalue weighted by atomic mass is 19.1. The zero-order valence-electron chi connectivity index (χ0n) is 9.70. The molecule has 1 aromatic carbocycles. The predicted octanol–water partition coefficient (Wildman–Crippen LogP) is 3.21. The molecule has 0 amide bonds. The van der Waals surface area contributed by atoms with Crippen LogP contribution in [0.5, 0.6) is 11.6 Å². The molecule has 0 saturated heterocycles. The zero-order chi connectivity index (χ0) is 12.4. The van der Waals surface area contributed by atoms with E-state index in [2.05, 4.69) is 4.98 Å². The smallest absolute Gasteiger partial charge is 0.221 e. The molecule has 1 heterocycles. The Kier molecular flexibility index (Phi) is 2.95. The van der Waals surface area contributed by atoms with Gasteiger partial charge in [0.05, 0.1) is 0 Å². The summed E-state index contributed by atoms with van der Waals surface area (Å²) < 4.78 is 18.6. The van der Waals surface area contributed by atoms with Crippen molar-refractivity contribution in [2.24, 2.45) is 0 Å². The molecule has 0 unspecified atom stereocenters. The number of pyridine rings is 1. The van der Waals surface area contributed by atoms with Gasteiger partial charge in [-0.05, 0) is 43.2 Å². The third-order valence-electron chi connectivity index (χ3n) is 2.47. The van der Waals surface area contributed by atoms with E-state index in [1.807, 2.05) is 6.92 Å². The van der Waals surface area contributed by atoms with Gasteiger partial charge in [0.2, 0.25) is 5.88 Å². The van der Waals surface area contributed by atoms with Crippen LogP contribution in [0.1, 0.15) is 11.1 Å². The highest BCUT2D eigenvalue weighted by molar-refractivity contribution is 5.48. The molecule has 3 nitrogen and oxygen atoms in total. The first-order valence-electron chi connectivity index (χ1n) is 5.22. The summed E-state index contributed by atoms with van der Waals surface area (Å²) in [5.41, 5.74) is 7.79. The lowest BCUT2D eigenvalue weighted by atomic mass is 10.2. The lowest BCUT2D eigenvalue weighted by Gasteiger charge is -2.07. The largest absolute Gasteiger partial charge is 0.439 e. The number of rotatable bonds is 2. The molecule has 0 radical (unpaired) electrons. The Labute approximate surface area is 99.1 Å². The van der Waals surface area contributed by atoms with E-state index in [9.17, 15) is 4.39 Å². The van der Waals surface area contributed by atoms with Gasteiger partial charge in [0.1, 0.15) is 11.6 Å². The first kappa shape index (κ1) is 11.4. The predicted molar refractivity (Wildman–Crippen MR) is 64.6 cm³/mol. The molecular formula is C13H13FN2O. The zero-order valence-corrected chi connectivity index (χ0v) is 9.70. The van der Waals surface area contributed by atoms with E-state index in [4.69, 9.17) is 10.5 Å². The highest BCUT2D eigenvalue weighted by Crippen LogP contribution is 2.24. The Morgan fingerprint density at radius 3 is 2.59 bits per heavy atom. The van der Waals surface area contributed by atoms with E-state index in [0.29, 0.717) is 22.9 Å². The third kappa shape index (κ3) is 2.53. The number of aryl methyl sites for hydroxylation is 2. The van der Waals surface area contributed by atoms with E-state index in [1.165, 1.54) is 6.07 Å². The summed E-state index contributed by atoms with van der Waals surface area (Å²) in [6, 6.07) is 6.18. The second-order valence-corrected chi connectivity index (χ2v) is 3.89. The van der Waals surface area contributed by atoms with Crippen LogP contribution in [0.4, 0.5) is 10.1 Å². The molecule has 0 spiro atoms. The van der Waals surface area contributed by atoms with Gasteiger partial charge in [-0.2, -0.15) is 0 Å². The minimum Gasteiger partial charge on any atom is -0.439 e. The number of benzene rings is 1. The Bertz CT molecular complexity index is 506. The van der Waals surface area contributed by atoms with E-state index in [-0.39, 0.29) is 5.82 Å². The fraction of sp³-hybridized carbons (Fsp3) is 0.154. The molecule has 0 saturated carbocycles. The van der Waals surface area contributed by atoms with Crippen LogP contribution in [-0.4, -0.2) is 4.98 Å². The van der Waals surface area contributed by atoms with Crippen LogP contribution in [0, 0.1) is 19.7 Å². The van der Waals surface area contributed by atoms with Gasteiger partial charge in [0, 0.05) is 18.0 Å². The van der Waals surface area contributed by atoms with Gasteiger partial charge in [-0.1, -0.05) is 0 Å². The summed E-state index contributed by atoms with van der Waals surface area (Å²) in [5.74, 6) is 0.687. The van der Waals surface area contributed by atoms with Crippen molar-refractivity contribution in [2.75, 3.05) is 5.73 Å². The van der Waals surface area contributed by atoms with E-state index in [1.54, 1.807) is 31.3 Å². The Morgan fingerprint density at radius 1 is 1.18 bits per heavy atom. The molecule has 0 aliphatic carbocycles. The molecule has 0 bridgehead atoms. The second kappa shape index (κ2) is 4.41. The normalized spacial score (nSPS) is 10.3. The van der Waals surface area contributed by atoms with E-state index in [0.717, 1.165) is 5.56 Å². The van der Waals surface area contributed by atoms with Gasteiger partial charge in [0.15, 0.2) is 0 Å². The minimum absolute atomic E-state index is 0.256. The number of hydrogen-bond acceptors (Lipinski definition) is 3. The van der Waals surface area contributed by atoms with Gasteiger partial charge in [-0.25, -0.2) is 9.37 Å². The van der Waals surface area contributed by atoms with Gasteiger partial charge in [-0.15, -0.1) is 0 Å². The Morgan fingerprint density at radius 2 is 1.94 bits per heavy atom. The maximum Gasteiger partial charge on any atom is 0.221 e. The van der Waals surface area contributed by atoms with E-state index >= 15 is 0 Å². The fourth-order valence-electron chi connectivity index (χ4n) is 1.38. The fourth-order valence-corrected chi connectivity index (χ4v) is 1.38. The summed E-state index contributed by atoms with van der Waals surface area (Å²) in [7, 11) is 0. The highest BCUT2D eigenvalue weighted by Gasteiger charge is 2.03. The standard InChI is InChI=1S/C13H13FN2O/c1-8-5-10(3-4-11(8)14)17-13-6-12(15)9(2)7-16-13/h3-7H,1-2H3,(H2,15,16). The molecule has 0 aliphatic rings. The summed E-state index contributed by atoms with van der Waals surface area (Å²) in [6.45, 7) is 3.55. The number of nitrogens with two attached hydrogens (primary N) is 1. The maximum absolute atomic E-state index is 13.1. The van der Waals surface area contributed by atoms with Crippen LogP contribution in [0.25, 0.3) is 0 Å². The number of nitrogens with zero attached hydrogens (tertiary/aromatic N) is 1. The lowest BCUT2D eigenvalue weighted by molar-refractivity contribution is 0.460. The Hall–Kier alpha value is -2.10. The van der Waals surface area contributed by atoms with Crippen molar-refractivity contribution in [3.05, 3.63) is 47.4 Å². The van der Waals surface area contributed by atoms with Crippen molar-refractivity contribution >= 4 is 5.69 Å². The molecule has 2 aromatic rings. The molecular weight excluding hydrogens is 219 g/mol. The number of aromatic nitrogens is 1. The van der Waals surface area contributed by atoms with Gasteiger partial charge in [-0.3, -0.25) is 0 Å². The van der Waals surface area contributed by atoms with Crippen molar-refractivity contribution in [1.82, 2.24) is 4.98 Å². The van der Waals surface area contributed by atoms with Gasteiger partial charge < -0.3 is 10.5 Å². The molecule has 4 heteroatoms. The summed E-state index contributed by atoms with van der Waals surface area (Å²) in [4.78, 5) is 4.09. The van der Waals surface area contributed by atoms with Crippen LogP contribution >= 0.6 is 0 Å². The van der Waals surface area contributed by atoms with Gasteiger partial charge in [0.25, 0.3) is 0 Å². The lowest BCUT2D eigenvalue weighted by Crippen LogP contribution is -1.94. The first-order chi connectivity index (χ1) is 8.06. The van der Waals surface area contributed by atoms with Crippen LogP contribution in [0.3, 0.4) is 0 Å². The molecule has 2 N–H and O–H groups in total. The Balaban J connectivity index is 2.25. The maximum atomic E-state index is 13.1. The third-order valence-corrected chi connectivity index (χ3v) is 2.47. The molecule has 2 rings (SSSR count). The second-order valence-electron chi connectivity index (χ2n) is 3.89. The molecule has 1 aromatic heterocycles.